The summed E-state index contributed by atoms with van der Waals surface area (Å²) in [5, 5.41) is 3.73. The second kappa shape index (κ2) is 6.93. The predicted molar refractivity (Wildman–Crippen MR) is 115 cm³/mol. The fourth-order valence-corrected chi connectivity index (χ4v) is 4.47. The van der Waals surface area contributed by atoms with E-state index in [2.05, 4.69) is 33.6 Å². The molecule has 0 fully saturated rings. The first-order chi connectivity index (χ1) is 12.6. The van der Waals surface area contributed by atoms with Gasteiger partial charge in [-0.3, -0.25) is 0 Å². The topological polar surface area (TPSA) is 42.1 Å². The molecule has 0 atom stereocenters. The predicted octanol–water partition coefficient (Wildman–Crippen LogP) is 6.42. The van der Waals surface area contributed by atoms with Crippen LogP contribution in [0.1, 0.15) is 17.3 Å². The summed E-state index contributed by atoms with van der Waals surface area (Å²) in [7, 11) is 0. The Hall–Kier alpha value is -2.05. The van der Waals surface area contributed by atoms with Gasteiger partial charge in [0.2, 0.25) is 0 Å². The number of ether oxygens (including phenoxy) is 1. The lowest BCUT2D eigenvalue weighted by molar-refractivity contribution is 0.0529. The van der Waals surface area contributed by atoms with E-state index in [1.54, 1.807) is 6.20 Å². The van der Waals surface area contributed by atoms with Crippen LogP contribution >= 0.6 is 34.2 Å². The molecule has 1 heterocycles. The molecular weight excluding hydrogens is 461 g/mol. The maximum atomic E-state index is 12.5. The van der Waals surface area contributed by atoms with E-state index in [0.717, 1.165) is 36.4 Å². The Bertz CT molecular complexity index is 1130. The van der Waals surface area contributed by atoms with E-state index in [4.69, 9.17) is 16.3 Å². The Kier molecular flexibility index (Phi) is 4.63. The Morgan fingerprint density at radius 2 is 1.81 bits per heavy atom. The average Bonchev–Trinajstić information content (AvgIpc) is 3.08. The van der Waals surface area contributed by atoms with Gasteiger partial charge in [0.1, 0.15) is 0 Å². The zero-order valence-electron chi connectivity index (χ0n) is 14.0. The van der Waals surface area contributed by atoms with Crippen LogP contribution in [0.5, 0.6) is 0 Å². The normalized spacial score (nSPS) is 11.2. The van der Waals surface area contributed by atoms with E-state index in [9.17, 15) is 4.79 Å². The summed E-state index contributed by atoms with van der Waals surface area (Å²) < 4.78 is 6.39. The van der Waals surface area contributed by atoms with E-state index in [1.807, 2.05) is 49.4 Å². The van der Waals surface area contributed by atoms with E-state index in [-0.39, 0.29) is 5.97 Å². The lowest BCUT2D eigenvalue weighted by atomic mass is 9.96. The van der Waals surface area contributed by atoms with Crippen LogP contribution in [0.25, 0.3) is 32.8 Å². The van der Waals surface area contributed by atoms with Crippen LogP contribution in [0.4, 0.5) is 0 Å². The molecule has 130 valence electrons. The monoisotopic (exact) mass is 475 g/mol. The number of hydrogen-bond acceptors (Lipinski definition) is 2. The Labute approximate surface area is 169 Å². The van der Waals surface area contributed by atoms with Gasteiger partial charge in [0.25, 0.3) is 0 Å². The number of benzene rings is 3. The highest BCUT2D eigenvalue weighted by Gasteiger charge is 2.21. The van der Waals surface area contributed by atoms with Gasteiger partial charge in [-0.2, -0.15) is 0 Å². The van der Waals surface area contributed by atoms with Crippen LogP contribution in [0.2, 0.25) is 5.02 Å². The van der Waals surface area contributed by atoms with Crippen molar-refractivity contribution >= 4 is 61.8 Å². The van der Waals surface area contributed by atoms with Crippen molar-refractivity contribution in [2.24, 2.45) is 0 Å². The maximum Gasteiger partial charge on any atom is 0.340 e. The summed E-state index contributed by atoms with van der Waals surface area (Å²) in [4.78, 5) is 15.8. The number of carbonyl (C=O) groups is 1. The number of fused-ring (bicyclic) bond motifs is 3. The number of rotatable bonds is 3. The lowest BCUT2D eigenvalue weighted by Gasteiger charge is -2.12. The molecule has 0 amide bonds. The molecule has 3 nitrogen and oxygen atoms in total. The first-order valence-electron chi connectivity index (χ1n) is 8.26. The summed E-state index contributed by atoms with van der Waals surface area (Å²) in [5.41, 5.74) is 3.60. The number of aromatic amines is 1. The van der Waals surface area contributed by atoms with Crippen molar-refractivity contribution in [3.05, 3.63) is 68.9 Å². The lowest BCUT2D eigenvalue weighted by Crippen LogP contribution is -2.03. The van der Waals surface area contributed by atoms with Crippen LogP contribution in [-0.4, -0.2) is 17.6 Å². The zero-order chi connectivity index (χ0) is 18.3. The first kappa shape index (κ1) is 17.4. The Morgan fingerprint density at radius 1 is 1.12 bits per heavy atom. The molecule has 1 aromatic heterocycles. The molecule has 0 aliphatic rings. The van der Waals surface area contributed by atoms with Crippen molar-refractivity contribution in [3.8, 4) is 11.1 Å². The molecule has 0 bridgehead atoms. The molecule has 0 aliphatic carbocycles. The van der Waals surface area contributed by atoms with E-state index in [0.29, 0.717) is 17.2 Å². The van der Waals surface area contributed by atoms with Gasteiger partial charge in [-0.15, -0.1) is 0 Å². The van der Waals surface area contributed by atoms with Crippen molar-refractivity contribution in [3.63, 3.8) is 0 Å². The number of esters is 1. The zero-order valence-corrected chi connectivity index (χ0v) is 16.9. The molecule has 4 aromatic rings. The second-order valence-electron chi connectivity index (χ2n) is 5.91. The summed E-state index contributed by atoms with van der Waals surface area (Å²) >= 11 is 8.43. The maximum absolute atomic E-state index is 12.5. The van der Waals surface area contributed by atoms with Crippen LogP contribution < -0.4 is 0 Å². The minimum atomic E-state index is -0.313. The molecular formula is C21H15ClINO2. The average molecular weight is 476 g/mol. The van der Waals surface area contributed by atoms with Gasteiger partial charge in [0.15, 0.2) is 0 Å². The van der Waals surface area contributed by atoms with Crippen molar-refractivity contribution in [1.82, 2.24) is 4.98 Å². The molecule has 0 saturated carbocycles. The number of H-pyrrole nitrogens is 1. The summed E-state index contributed by atoms with van der Waals surface area (Å²) in [6.45, 7) is 2.16. The SMILES string of the molecule is CCOC(=O)c1c[nH]c2c(-c3ccc(Cl)cc3)c(I)c3ccccc3c12. The highest BCUT2D eigenvalue weighted by Crippen LogP contribution is 2.41. The summed E-state index contributed by atoms with van der Waals surface area (Å²) in [5.74, 6) is -0.313. The number of hydrogen-bond donors (Lipinski definition) is 1. The number of nitrogens with one attached hydrogen (secondary N) is 1. The van der Waals surface area contributed by atoms with Gasteiger partial charge in [0.05, 0.1) is 17.7 Å². The van der Waals surface area contributed by atoms with E-state index in [1.165, 1.54) is 0 Å². The molecule has 5 heteroatoms. The molecule has 4 rings (SSSR count). The number of carbonyl (C=O) groups excluding carboxylic acids is 1. The second-order valence-corrected chi connectivity index (χ2v) is 7.43. The van der Waals surface area contributed by atoms with E-state index >= 15 is 0 Å². The van der Waals surface area contributed by atoms with Crippen LogP contribution in [0, 0.1) is 3.57 Å². The van der Waals surface area contributed by atoms with Crippen LogP contribution in [0.3, 0.4) is 0 Å². The largest absolute Gasteiger partial charge is 0.462 e. The van der Waals surface area contributed by atoms with Crippen molar-refractivity contribution in [2.45, 2.75) is 6.92 Å². The van der Waals surface area contributed by atoms with Crippen LogP contribution in [0.15, 0.2) is 54.7 Å². The molecule has 0 saturated heterocycles. The van der Waals surface area contributed by atoms with Crippen LogP contribution in [-0.2, 0) is 4.74 Å². The molecule has 0 radical (unpaired) electrons. The third-order valence-corrected chi connectivity index (χ3v) is 5.78. The minimum absolute atomic E-state index is 0.313. The molecule has 1 N–H and O–H groups in total. The van der Waals surface area contributed by atoms with Gasteiger partial charge in [-0.1, -0.05) is 48.0 Å². The Balaban J connectivity index is 2.13. The molecule has 0 spiro atoms. The van der Waals surface area contributed by atoms with Gasteiger partial charge in [-0.05, 0) is 58.0 Å². The fraction of sp³-hybridized carbons (Fsp3) is 0.0952. The summed E-state index contributed by atoms with van der Waals surface area (Å²) in [6, 6.07) is 15.9. The highest BCUT2D eigenvalue weighted by molar-refractivity contribution is 14.1. The third-order valence-electron chi connectivity index (χ3n) is 4.41. The Morgan fingerprint density at radius 3 is 2.50 bits per heavy atom. The molecule has 0 aliphatic heterocycles. The molecule has 0 unspecified atom stereocenters. The van der Waals surface area contributed by atoms with Crippen molar-refractivity contribution in [1.29, 1.82) is 0 Å². The highest BCUT2D eigenvalue weighted by atomic mass is 127. The van der Waals surface area contributed by atoms with E-state index < -0.39 is 0 Å². The van der Waals surface area contributed by atoms with Gasteiger partial charge in [-0.25, -0.2) is 4.79 Å². The standard InChI is InChI=1S/C21H15ClINO2/c1-2-26-21(25)16-11-24-20-17(12-7-9-13(22)10-8-12)19(23)15-6-4-3-5-14(15)18(16)20/h3-11,24H,2H2,1H3. The smallest absolute Gasteiger partial charge is 0.340 e. The van der Waals surface area contributed by atoms with Gasteiger partial charge < -0.3 is 9.72 Å². The number of halogens is 2. The van der Waals surface area contributed by atoms with Gasteiger partial charge in [0, 0.05) is 25.7 Å². The van der Waals surface area contributed by atoms with Crippen molar-refractivity contribution < 1.29 is 9.53 Å². The van der Waals surface area contributed by atoms with Gasteiger partial charge >= 0.3 is 5.97 Å². The summed E-state index contributed by atoms with van der Waals surface area (Å²) in [6.07, 6.45) is 1.74. The number of aromatic nitrogens is 1. The fourth-order valence-electron chi connectivity index (χ4n) is 3.29. The quantitative estimate of drug-likeness (QED) is 0.274. The first-order valence-corrected chi connectivity index (χ1v) is 9.71. The third kappa shape index (κ3) is 2.77. The van der Waals surface area contributed by atoms with Crippen molar-refractivity contribution in [2.75, 3.05) is 6.61 Å². The minimum Gasteiger partial charge on any atom is -0.462 e. The molecule has 3 aromatic carbocycles. The molecule has 26 heavy (non-hydrogen) atoms.